The predicted molar refractivity (Wildman–Crippen MR) is 117 cm³/mol. The van der Waals surface area contributed by atoms with E-state index in [0.717, 1.165) is 10.6 Å². The van der Waals surface area contributed by atoms with Gasteiger partial charge in [0.2, 0.25) is 0 Å². The van der Waals surface area contributed by atoms with Gasteiger partial charge in [0.05, 0.1) is 6.61 Å². The number of hydrogen-bond donors (Lipinski definition) is 4. The largest absolute Gasteiger partial charge is 0.492 e. The number of nitrogens with one attached hydrogen (secondary N) is 2. The lowest BCUT2D eigenvalue weighted by Gasteiger charge is -2.19. The lowest BCUT2D eigenvalue weighted by atomic mass is 10.1. The van der Waals surface area contributed by atoms with Crippen molar-refractivity contribution in [3.05, 3.63) is 53.6 Å². The van der Waals surface area contributed by atoms with Gasteiger partial charge in [-0.05, 0) is 54.1 Å². The molecule has 0 amide bonds. The standard InChI is InChI=1S/C20H25N3O3S.ClH/c1-12(2)11-26-16-9-6-14(10-17(16)27-3)18(20(24)25)23-15-7-4-13(5-8-15)19(21)22;/h4-10,12,18,23H,11H2,1-3H3,(H3,21,22)(H,24,25);1H. The van der Waals surface area contributed by atoms with Crippen LogP contribution >= 0.6 is 24.2 Å². The summed E-state index contributed by atoms with van der Waals surface area (Å²) in [5.74, 6) is 0.159. The van der Waals surface area contributed by atoms with Crippen LogP contribution in [0.3, 0.4) is 0 Å². The van der Waals surface area contributed by atoms with Crippen molar-refractivity contribution in [3.63, 3.8) is 0 Å². The Hall–Kier alpha value is -2.38. The van der Waals surface area contributed by atoms with E-state index in [-0.39, 0.29) is 18.2 Å². The summed E-state index contributed by atoms with van der Waals surface area (Å²) in [7, 11) is 0. The molecule has 28 heavy (non-hydrogen) atoms. The maximum absolute atomic E-state index is 11.8. The molecule has 6 nitrogen and oxygen atoms in total. The molecule has 0 aliphatic carbocycles. The van der Waals surface area contributed by atoms with Gasteiger partial charge in [-0.15, -0.1) is 24.2 Å². The van der Waals surface area contributed by atoms with Crippen molar-refractivity contribution in [3.8, 4) is 5.75 Å². The molecule has 0 radical (unpaired) electrons. The molecule has 1 unspecified atom stereocenters. The van der Waals surface area contributed by atoms with E-state index in [2.05, 4.69) is 19.2 Å². The summed E-state index contributed by atoms with van der Waals surface area (Å²) in [6, 6.07) is 11.3. The molecule has 0 aromatic heterocycles. The minimum atomic E-state index is -0.978. The molecule has 152 valence electrons. The maximum Gasteiger partial charge on any atom is 0.330 e. The molecular formula is C20H26ClN3O3S. The van der Waals surface area contributed by atoms with Crippen LogP contribution in [0, 0.1) is 11.3 Å². The molecule has 0 saturated heterocycles. The lowest BCUT2D eigenvalue weighted by molar-refractivity contribution is -0.138. The molecule has 0 fully saturated rings. The summed E-state index contributed by atoms with van der Waals surface area (Å²) < 4.78 is 5.82. The van der Waals surface area contributed by atoms with Gasteiger partial charge in [0.25, 0.3) is 0 Å². The second-order valence-electron chi connectivity index (χ2n) is 6.52. The summed E-state index contributed by atoms with van der Waals surface area (Å²) >= 11 is 1.52. The average molecular weight is 424 g/mol. The van der Waals surface area contributed by atoms with Gasteiger partial charge >= 0.3 is 5.97 Å². The van der Waals surface area contributed by atoms with Gasteiger partial charge < -0.3 is 20.9 Å². The van der Waals surface area contributed by atoms with Crippen molar-refractivity contribution in [2.45, 2.75) is 24.8 Å². The number of thioether (sulfide) groups is 1. The van der Waals surface area contributed by atoms with Gasteiger partial charge in [0.15, 0.2) is 6.04 Å². The third-order valence-electron chi connectivity index (χ3n) is 3.85. The van der Waals surface area contributed by atoms with Crippen LogP contribution < -0.4 is 15.8 Å². The minimum absolute atomic E-state index is 0. The molecule has 2 rings (SSSR count). The van der Waals surface area contributed by atoms with E-state index < -0.39 is 12.0 Å². The fraction of sp³-hybridized carbons (Fsp3) is 0.300. The third kappa shape index (κ3) is 6.35. The number of nitrogen functional groups attached to an aromatic ring is 1. The number of hydrogen-bond acceptors (Lipinski definition) is 5. The van der Waals surface area contributed by atoms with Crippen LogP contribution in [0.1, 0.15) is 31.0 Å². The summed E-state index contributed by atoms with van der Waals surface area (Å²) in [5.41, 5.74) is 7.31. The van der Waals surface area contributed by atoms with Crippen LogP contribution in [0.4, 0.5) is 5.69 Å². The van der Waals surface area contributed by atoms with Crippen LogP contribution in [-0.4, -0.2) is 29.8 Å². The zero-order valence-electron chi connectivity index (χ0n) is 16.1. The highest BCUT2D eigenvalue weighted by Crippen LogP contribution is 2.32. The smallest absolute Gasteiger partial charge is 0.330 e. The lowest BCUT2D eigenvalue weighted by Crippen LogP contribution is -2.21. The number of ether oxygens (including phenoxy) is 1. The van der Waals surface area contributed by atoms with Crippen molar-refractivity contribution in [2.24, 2.45) is 11.7 Å². The fourth-order valence-electron chi connectivity index (χ4n) is 2.44. The SMILES string of the molecule is CSc1cc(C(Nc2ccc(C(=N)N)cc2)C(=O)O)ccc1OCC(C)C.Cl. The molecule has 0 aliphatic heterocycles. The molecular weight excluding hydrogens is 398 g/mol. The van der Waals surface area contributed by atoms with E-state index in [1.807, 2.05) is 18.4 Å². The first-order valence-corrected chi connectivity index (χ1v) is 9.78. The number of anilines is 1. The van der Waals surface area contributed by atoms with E-state index in [9.17, 15) is 9.90 Å². The van der Waals surface area contributed by atoms with Crippen LogP contribution in [0.15, 0.2) is 47.4 Å². The number of carboxylic acids is 1. The third-order valence-corrected chi connectivity index (χ3v) is 4.61. The Labute approximate surface area is 175 Å². The molecule has 0 spiro atoms. The zero-order valence-corrected chi connectivity index (χ0v) is 17.7. The van der Waals surface area contributed by atoms with Crippen LogP contribution in [0.2, 0.25) is 0 Å². The van der Waals surface area contributed by atoms with Crippen molar-refractivity contribution >= 4 is 41.7 Å². The van der Waals surface area contributed by atoms with E-state index in [4.69, 9.17) is 15.9 Å². The molecule has 1 atom stereocenters. The Morgan fingerprint density at radius 3 is 2.39 bits per heavy atom. The molecule has 2 aromatic rings. The second kappa shape index (κ2) is 10.8. The van der Waals surface area contributed by atoms with Crippen molar-refractivity contribution < 1.29 is 14.6 Å². The number of carboxylic acid groups (broad SMARTS) is 1. The first-order chi connectivity index (χ1) is 12.8. The van der Waals surface area contributed by atoms with Gasteiger partial charge in [0.1, 0.15) is 11.6 Å². The molecule has 0 aliphatic rings. The van der Waals surface area contributed by atoms with E-state index in [0.29, 0.717) is 29.3 Å². The Morgan fingerprint density at radius 1 is 1.25 bits per heavy atom. The number of benzene rings is 2. The zero-order chi connectivity index (χ0) is 20.0. The van der Waals surface area contributed by atoms with Crippen molar-refractivity contribution in [1.29, 1.82) is 5.41 Å². The predicted octanol–water partition coefficient (Wildman–Crippen LogP) is 4.39. The van der Waals surface area contributed by atoms with Crippen LogP contribution in [0.5, 0.6) is 5.75 Å². The Kier molecular flexibility index (Phi) is 9.15. The maximum atomic E-state index is 11.8. The molecule has 0 bridgehead atoms. The molecule has 8 heteroatoms. The number of carbonyl (C=O) groups is 1. The summed E-state index contributed by atoms with van der Waals surface area (Å²) in [6.07, 6.45) is 1.94. The van der Waals surface area contributed by atoms with Crippen LogP contribution in [0.25, 0.3) is 0 Å². The second-order valence-corrected chi connectivity index (χ2v) is 7.37. The van der Waals surface area contributed by atoms with Gasteiger partial charge in [0, 0.05) is 16.1 Å². The quantitative estimate of drug-likeness (QED) is 0.270. The van der Waals surface area contributed by atoms with E-state index in [1.165, 1.54) is 11.8 Å². The highest BCUT2D eigenvalue weighted by atomic mass is 35.5. The first-order valence-electron chi connectivity index (χ1n) is 8.56. The van der Waals surface area contributed by atoms with Gasteiger partial charge in [-0.3, -0.25) is 5.41 Å². The van der Waals surface area contributed by atoms with Gasteiger partial charge in [-0.1, -0.05) is 19.9 Å². The minimum Gasteiger partial charge on any atom is -0.492 e. The Morgan fingerprint density at radius 2 is 1.89 bits per heavy atom. The number of halogens is 1. The molecule has 5 N–H and O–H groups in total. The number of aliphatic carboxylic acids is 1. The number of nitrogens with two attached hydrogens (primary N) is 1. The normalized spacial score (nSPS) is 11.4. The molecule has 0 heterocycles. The van der Waals surface area contributed by atoms with Crippen molar-refractivity contribution in [1.82, 2.24) is 0 Å². The van der Waals surface area contributed by atoms with Crippen molar-refractivity contribution in [2.75, 3.05) is 18.2 Å². The monoisotopic (exact) mass is 423 g/mol. The summed E-state index contributed by atoms with van der Waals surface area (Å²) in [5, 5.41) is 20.1. The molecule has 0 saturated carbocycles. The Bertz CT molecular complexity index is 813. The summed E-state index contributed by atoms with van der Waals surface area (Å²) in [4.78, 5) is 12.7. The fourth-order valence-corrected chi connectivity index (χ4v) is 3.02. The van der Waals surface area contributed by atoms with E-state index >= 15 is 0 Å². The van der Waals surface area contributed by atoms with Crippen LogP contribution in [-0.2, 0) is 4.79 Å². The number of rotatable bonds is 9. The summed E-state index contributed by atoms with van der Waals surface area (Å²) in [6.45, 7) is 4.76. The highest BCUT2D eigenvalue weighted by molar-refractivity contribution is 7.98. The average Bonchev–Trinajstić information content (AvgIpc) is 2.64. The highest BCUT2D eigenvalue weighted by Gasteiger charge is 2.21. The Balaban J connectivity index is 0.00000392. The topological polar surface area (TPSA) is 108 Å². The number of amidine groups is 1. The first kappa shape index (κ1) is 23.7. The van der Waals surface area contributed by atoms with Gasteiger partial charge in [-0.25, -0.2) is 4.79 Å². The molecule has 2 aromatic carbocycles. The van der Waals surface area contributed by atoms with E-state index in [1.54, 1.807) is 30.3 Å². The van der Waals surface area contributed by atoms with Gasteiger partial charge in [-0.2, -0.15) is 0 Å².